The monoisotopic (exact) mass is 232 g/mol. The molecule has 0 aliphatic heterocycles. The predicted molar refractivity (Wildman–Crippen MR) is 61.5 cm³/mol. The van der Waals surface area contributed by atoms with Crippen LogP contribution in [-0.2, 0) is 0 Å². The zero-order chi connectivity index (χ0) is 11.1. The highest BCUT2D eigenvalue weighted by Crippen LogP contribution is 2.42. The Morgan fingerprint density at radius 3 is 2.75 bits per heavy atom. The summed E-state index contributed by atoms with van der Waals surface area (Å²) in [5, 5.41) is 18.5. The van der Waals surface area contributed by atoms with Gasteiger partial charge in [0.15, 0.2) is 0 Å². The summed E-state index contributed by atoms with van der Waals surface area (Å²) in [6, 6.07) is 7.64. The molecule has 0 saturated carbocycles. The smallest absolute Gasteiger partial charge is 0.261 e. The van der Waals surface area contributed by atoms with E-state index in [0.29, 0.717) is 16.7 Å². The van der Waals surface area contributed by atoms with E-state index in [1.807, 2.05) is 24.3 Å². The summed E-state index contributed by atoms with van der Waals surface area (Å²) < 4.78 is 6.31. The van der Waals surface area contributed by atoms with E-state index in [1.54, 1.807) is 6.92 Å². The van der Waals surface area contributed by atoms with Gasteiger partial charge in [0.2, 0.25) is 5.89 Å². The van der Waals surface area contributed by atoms with Gasteiger partial charge in [-0.15, -0.1) is 21.5 Å². The van der Waals surface area contributed by atoms with Gasteiger partial charge in [-0.2, -0.15) is 0 Å². The predicted octanol–water partition coefficient (Wildman–Crippen LogP) is 2.97. The normalized spacial score (nSPS) is 11.1. The number of rotatable bonds is 1. The molecule has 80 valence electrons. The van der Waals surface area contributed by atoms with E-state index in [0.717, 1.165) is 10.1 Å². The van der Waals surface area contributed by atoms with Crippen LogP contribution in [0.4, 0.5) is 0 Å². The number of aromatic hydroxyl groups is 1. The molecule has 0 aliphatic rings. The Morgan fingerprint density at radius 2 is 2.06 bits per heavy atom. The first-order valence-electron chi connectivity index (χ1n) is 4.76. The maximum atomic E-state index is 10.0. The van der Waals surface area contributed by atoms with Crippen molar-refractivity contribution in [3.8, 4) is 16.5 Å². The van der Waals surface area contributed by atoms with Gasteiger partial charge in [0.1, 0.15) is 10.6 Å². The molecule has 0 radical (unpaired) electrons. The molecule has 2 heterocycles. The number of fused-ring (bicyclic) bond motifs is 1. The summed E-state index contributed by atoms with van der Waals surface area (Å²) in [6.07, 6.45) is 0. The average Bonchev–Trinajstić information content (AvgIpc) is 2.84. The van der Waals surface area contributed by atoms with Gasteiger partial charge in [-0.25, -0.2) is 0 Å². The van der Waals surface area contributed by atoms with Crippen LogP contribution in [0.3, 0.4) is 0 Å². The molecule has 0 amide bonds. The maximum absolute atomic E-state index is 10.0. The van der Waals surface area contributed by atoms with E-state index in [-0.39, 0.29) is 5.75 Å². The third-order valence-electron chi connectivity index (χ3n) is 2.29. The highest BCUT2D eigenvalue weighted by molar-refractivity contribution is 7.22. The zero-order valence-corrected chi connectivity index (χ0v) is 9.28. The summed E-state index contributed by atoms with van der Waals surface area (Å²) in [7, 11) is 0. The largest absolute Gasteiger partial charge is 0.506 e. The van der Waals surface area contributed by atoms with E-state index in [9.17, 15) is 5.11 Å². The van der Waals surface area contributed by atoms with Gasteiger partial charge >= 0.3 is 0 Å². The van der Waals surface area contributed by atoms with Gasteiger partial charge in [-0.3, -0.25) is 0 Å². The van der Waals surface area contributed by atoms with Crippen LogP contribution in [0.15, 0.2) is 28.7 Å². The van der Waals surface area contributed by atoms with Gasteiger partial charge in [0, 0.05) is 17.0 Å². The van der Waals surface area contributed by atoms with E-state index in [4.69, 9.17) is 4.42 Å². The van der Waals surface area contributed by atoms with Crippen molar-refractivity contribution in [1.29, 1.82) is 0 Å². The minimum atomic E-state index is 0.212. The molecule has 3 rings (SSSR count). The van der Waals surface area contributed by atoms with Gasteiger partial charge < -0.3 is 9.52 Å². The lowest BCUT2D eigenvalue weighted by Crippen LogP contribution is -1.72. The van der Waals surface area contributed by atoms with Crippen molar-refractivity contribution in [2.45, 2.75) is 6.92 Å². The van der Waals surface area contributed by atoms with Crippen molar-refractivity contribution in [2.75, 3.05) is 0 Å². The summed E-state index contributed by atoms with van der Waals surface area (Å²) in [6.45, 7) is 1.72. The number of nitrogens with zero attached hydrogens (tertiary/aromatic N) is 2. The molecule has 0 fully saturated rings. The molecule has 1 N–H and O–H groups in total. The Hall–Kier alpha value is -1.88. The maximum Gasteiger partial charge on any atom is 0.261 e. The van der Waals surface area contributed by atoms with Crippen LogP contribution >= 0.6 is 11.3 Å². The van der Waals surface area contributed by atoms with Crippen molar-refractivity contribution < 1.29 is 9.52 Å². The van der Waals surface area contributed by atoms with Crippen molar-refractivity contribution in [2.24, 2.45) is 0 Å². The summed E-state index contributed by atoms with van der Waals surface area (Å²) in [5.74, 6) is 1.08. The SMILES string of the molecule is Cc1nnc(-c2sc3ccccc3c2O)o1. The van der Waals surface area contributed by atoms with Crippen LogP contribution in [0.25, 0.3) is 20.9 Å². The van der Waals surface area contributed by atoms with Crippen LogP contribution in [-0.4, -0.2) is 15.3 Å². The lowest BCUT2D eigenvalue weighted by Gasteiger charge is -1.90. The highest BCUT2D eigenvalue weighted by atomic mass is 32.1. The molecule has 1 aromatic carbocycles. The van der Waals surface area contributed by atoms with Crippen molar-refractivity contribution in [1.82, 2.24) is 10.2 Å². The number of aromatic nitrogens is 2. The fourth-order valence-corrected chi connectivity index (χ4v) is 2.58. The van der Waals surface area contributed by atoms with E-state index in [1.165, 1.54) is 11.3 Å². The van der Waals surface area contributed by atoms with Crippen LogP contribution in [0.2, 0.25) is 0 Å². The second-order valence-electron chi connectivity index (χ2n) is 3.40. The molecule has 0 atom stereocenters. The minimum absolute atomic E-state index is 0.212. The van der Waals surface area contributed by atoms with Crippen LogP contribution in [0.5, 0.6) is 5.75 Å². The summed E-state index contributed by atoms with van der Waals surface area (Å²) >= 11 is 1.44. The first kappa shape index (κ1) is 9.35. The van der Waals surface area contributed by atoms with Crippen LogP contribution in [0, 0.1) is 6.92 Å². The molecule has 0 unspecified atom stereocenters. The number of hydrogen-bond donors (Lipinski definition) is 1. The molecular formula is C11H8N2O2S. The van der Waals surface area contributed by atoms with Crippen molar-refractivity contribution >= 4 is 21.4 Å². The van der Waals surface area contributed by atoms with Gasteiger partial charge in [0.25, 0.3) is 5.89 Å². The Bertz CT molecular complexity index is 657. The van der Waals surface area contributed by atoms with E-state index in [2.05, 4.69) is 10.2 Å². The van der Waals surface area contributed by atoms with Gasteiger partial charge in [0.05, 0.1) is 0 Å². The number of hydrogen-bond acceptors (Lipinski definition) is 5. The minimum Gasteiger partial charge on any atom is -0.506 e. The first-order valence-corrected chi connectivity index (χ1v) is 5.58. The Balaban J connectivity index is 2.28. The van der Waals surface area contributed by atoms with Crippen molar-refractivity contribution in [3.63, 3.8) is 0 Å². The second kappa shape index (κ2) is 3.31. The van der Waals surface area contributed by atoms with E-state index < -0.39 is 0 Å². The molecule has 0 spiro atoms. The number of thiophene rings is 1. The molecular weight excluding hydrogens is 224 g/mol. The highest BCUT2D eigenvalue weighted by Gasteiger charge is 2.17. The number of benzene rings is 1. The zero-order valence-electron chi connectivity index (χ0n) is 8.47. The quantitative estimate of drug-likeness (QED) is 0.700. The first-order chi connectivity index (χ1) is 7.75. The molecule has 0 bridgehead atoms. The summed E-state index contributed by atoms with van der Waals surface area (Å²) in [5.41, 5.74) is 0. The Labute approximate surface area is 95.2 Å². The Morgan fingerprint density at radius 1 is 1.25 bits per heavy atom. The molecule has 5 heteroatoms. The van der Waals surface area contributed by atoms with E-state index >= 15 is 0 Å². The lowest BCUT2D eigenvalue weighted by molar-refractivity contribution is 0.479. The number of aryl methyl sites for hydroxylation is 1. The van der Waals surface area contributed by atoms with Gasteiger partial charge in [-0.1, -0.05) is 12.1 Å². The Kier molecular flexibility index (Phi) is 1.94. The molecule has 16 heavy (non-hydrogen) atoms. The molecule has 4 nitrogen and oxygen atoms in total. The lowest BCUT2D eigenvalue weighted by atomic mass is 10.2. The second-order valence-corrected chi connectivity index (χ2v) is 4.45. The van der Waals surface area contributed by atoms with Crippen LogP contribution < -0.4 is 0 Å². The molecule has 0 aliphatic carbocycles. The average molecular weight is 232 g/mol. The molecule has 3 aromatic rings. The summed E-state index contributed by atoms with van der Waals surface area (Å²) in [4.78, 5) is 0.627. The topological polar surface area (TPSA) is 59.2 Å². The third-order valence-corrected chi connectivity index (χ3v) is 3.44. The fourth-order valence-electron chi connectivity index (χ4n) is 1.57. The fraction of sp³-hybridized carbons (Fsp3) is 0.0909. The van der Waals surface area contributed by atoms with Gasteiger partial charge in [-0.05, 0) is 12.1 Å². The third kappa shape index (κ3) is 1.29. The van der Waals surface area contributed by atoms with Crippen LogP contribution in [0.1, 0.15) is 5.89 Å². The van der Waals surface area contributed by atoms with Crippen molar-refractivity contribution in [3.05, 3.63) is 30.2 Å². The molecule has 0 saturated heterocycles. The standard InChI is InChI=1S/C11H8N2O2S/c1-6-12-13-11(15-6)10-9(14)7-4-2-3-5-8(7)16-10/h2-5,14H,1H3. The molecule has 2 aromatic heterocycles.